The first kappa shape index (κ1) is 16.1. The van der Waals surface area contributed by atoms with Crippen LogP contribution in [0.3, 0.4) is 0 Å². The van der Waals surface area contributed by atoms with Crippen LogP contribution in [0.1, 0.15) is 57.6 Å². The van der Waals surface area contributed by atoms with Gasteiger partial charge in [-0.1, -0.05) is 6.07 Å². The van der Waals surface area contributed by atoms with Crippen molar-refractivity contribution >= 4 is 11.7 Å². The minimum absolute atomic E-state index is 0.0517. The number of aromatic nitrogens is 1. The zero-order chi connectivity index (χ0) is 17.4. The van der Waals surface area contributed by atoms with E-state index < -0.39 is 0 Å². The van der Waals surface area contributed by atoms with Crippen molar-refractivity contribution in [3.05, 3.63) is 46.3 Å². The number of benzene rings is 1. The average molecular weight is 328 g/mol. The van der Waals surface area contributed by atoms with Gasteiger partial charge in [-0.05, 0) is 51.0 Å². The molecule has 0 saturated heterocycles. The molecular formula is C18H20N2O4. The molecule has 1 aromatic carbocycles. The van der Waals surface area contributed by atoms with Crippen molar-refractivity contribution in [1.29, 1.82) is 0 Å². The number of aryl methyl sites for hydroxylation is 1. The lowest BCUT2D eigenvalue weighted by Crippen LogP contribution is -2.27. The van der Waals surface area contributed by atoms with Crippen molar-refractivity contribution in [3.8, 4) is 11.5 Å². The number of Topliss-reactive ketones (excluding diaryl/α,β-unsaturated/α-hetero) is 1. The highest BCUT2D eigenvalue weighted by Crippen LogP contribution is 2.34. The molecule has 0 fully saturated rings. The predicted molar refractivity (Wildman–Crippen MR) is 88.7 cm³/mol. The molecule has 3 rings (SSSR count). The van der Waals surface area contributed by atoms with Gasteiger partial charge in [0, 0.05) is 11.3 Å². The number of ketones is 1. The summed E-state index contributed by atoms with van der Waals surface area (Å²) in [6, 6.07) is 5.38. The van der Waals surface area contributed by atoms with Gasteiger partial charge in [0.1, 0.15) is 5.69 Å². The fourth-order valence-electron chi connectivity index (χ4n) is 3.04. The lowest BCUT2D eigenvalue weighted by Gasteiger charge is -2.14. The van der Waals surface area contributed by atoms with Crippen LogP contribution in [0.25, 0.3) is 0 Å². The van der Waals surface area contributed by atoms with Gasteiger partial charge in [0.05, 0.1) is 6.04 Å². The summed E-state index contributed by atoms with van der Waals surface area (Å²) in [5.74, 6) is 1.09. The Kier molecular flexibility index (Phi) is 4.05. The van der Waals surface area contributed by atoms with Gasteiger partial charge in [-0.3, -0.25) is 9.59 Å². The second-order valence-electron chi connectivity index (χ2n) is 5.99. The Morgan fingerprint density at radius 2 is 1.92 bits per heavy atom. The number of nitrogens with one attached hydrogen (secondary N) is 2. The van der Waals surface area contributed by atoms with Crippen LogP contribution in [0.2, 0.25) is 0 Å². The van der Waals surface area contributed by atoms with Gasteiger partial charge in [0.2, 0.25) is 6.79 Å². The molecule has 6 heteroatoms. The number of hydrogen-bond acceptors (Lipinski definition) is 4. The van der Waals surface area contributed by atoms with Gasteiger partial charge in [-0.2, -0.15) is 0 Å². The van der Waals surface area contributed by atoms with Crippen LogP contribution >= 0.6 is 0 Å². The topological polar surface area (TPSA) is 80.4 Å². The van der Waals surface area contributed by atoms with Crippen molar-refractivity contribution in [2.24, 2.45) is 0 Å². The Hall–Kier alpha value is -2.76. The fourth-order valence-corrected chi connectivity index (χ4v) is 3.04. The van der Waals surface area contributed by atoms with Gasteiger partial charge in [-0.25, -0.2) is 0 Å². The number of amides is 1. The zero-order valence-corrected chi connectivity index (χ0v) is 14.1. The predicted octanol–water partition coefficient (Wildman–Crippen LogP) is 3.05. The Bertz CT molecular complexity index is 823. The van der Waals surface area contributed by atoms with Gasteiger partial charge in [-0.15, -0.1) is 0 Å². The Morgan fingerprint density at radius 1 is 1.21 bits per heavy atom. The molecule has 1 aliphatic heterocycles. The van der Waals surface area contributed by atoms with E-state index in [0.29, 0.717) is 34.0 Å². The smallest absolute Gasteiger partial charge is 0.268 e. The van der Waals surface area contributed by atoms with Crippen LogP contribution in [-0.2, 0) is 0 Å². The van der Waals surface area contributed by atoms with Gasteiger partial charge in [0.15, 0.2) is 17.3 Å². The molecular weight excluding hydrogens is 308 g/mol. The highest BCUT2D eigenvalue weighted by molar-refractivity contribution is 6.02. The van der Waals surface area contributed by atoms with Crippen LogP contribution in [-0.4, -0.2) is 23.5 Å². The molecule has 0 saturated carbocycles. The summed E-state index contributed by atoms with van der Waals surface area (Å²) in [6.07, 6.45) is 0. The molecule has 0 unspecified atom stereocenters. The van der Waals surface area contributed by atoms with E-state index in [-0.39, 0.29) is 24.5 Å². The first-order valence-electron chi connectivity index (χ1n) is 7.79. The summed E-state index contributed by atoms with van der Waals surface area (Å²) < 4.78 is 10.7. The maximum absolute atomic E-state index is 12.6. The first-order valence-corrected chi connectivity index (χ1v) is 7.79. The third kappa shape index (κ3) is 2.75. The molecule has 126 valence electrons. The van der Waals surface area contributed by atoms with Crippen molar-refractivity contribution < 1.29 is 19.1 Å². The first-order chi connectivity index (χ1) is 11.4. The summed E-state index contributed by atoms with van der Waals surface area (Å²) in [7, 11) is 0. The molecule has 0 radical (unpaired) electrons. The molecule has 24 heavy (non-hydrogen) atoms. The van der Waals surface area contributed by atoms with E-state index >= 15 is 0 Å². The number of ether oxygens (including phenoxy) is 2. The molecule has 2 aromatic rings. The van der Waals surface area contributed by atoms with E-state index in [2.05, 4.69) is 10.3 Å². The summed E-state index contributed by atoms with van der Waals surface area (Å²) in [5.41, 5.74) is 3.30. The Morgan fingerprint density at radius 3 is 2.58 bits per heavy atom. The van der Waals surface area contributed by atoms with Crippen LogP contribution in [0, 0.1) is 13.8 Å². The highest BCUT2D eigenvalue weighted by Gasteiger charge is 2.22. The zero-order valence-electron chi connectivity index (χ0n) is 14.1. The normalized spacial score (nSPS) is 13.7. The molecule has 2 N–H and O–H groups in total. The average Bonchev–Trinajstić information content (AvgIpc) is 3.10. The number of carbonyl (C=O) groups is 2. The quantitative estimate of drug-likeness (QED) is 0.845. The summed E-state index contributed by atoms with van der Waals surface area (Å²) in [5, 5.41) is 2.95. The molecule has 2 heterocycles. The van der Waals surface area contributed by atoms with Crippen LogP contribution in [0.5, 0.6) is 11.5 Å². The fraction of sp³-hybridized carbons (Fsp3) is 0.333. The lowest BCUT2D eigenvalue weighted by molar-refractivity contribution is 0.0934. The molecule has 1 atom stereocenters. The number of hydrogen-bond donors (Lipinski definition) is 2. The SMILES string of the molecule is CC(=O)c1c(C)[nH]c(C(=O)N[C@@H](C)c2ccc3c(c2)OCO3)c1C. The molecule has 1 amide bonds. The van der Waals surface area contributed by atoms with E-state index in [4.69, 9.17) is 9.47 Å². The molecule has 0 aliphatic carbocycles. The van der Waals surface area contributed by atoms with E-state index in [1.54, 1.807) is 13.8 Å². The Labute approximate surface area is 140 Å². The van der Waals surface area contributed by atoms with Crippen LogP contribution in [0.4, 0.5) is 0 Å². The van der Waals surface area contributed by atoms with Crippen LogP contribution in [0.15, 0.2) is 18.2 Å². The summed E-state index contributed by atoms with van der Waals surface area (Å²) >= 11 is 0. The second kappa shape index (κ2) is 6.03. The van der Waals surface area contributed by atoms with Crippen molar-refractivity contribution in [3.63, 3.8) is 0 Å². The highest BCUT2D eigenvalue weighted by atomic mass is 16.7. The second-order valence-corrected chi connectivity index (χ2v) is 5.99. The summed E-state index contributed by atoms with van der Waals surface area (Å²) in [6.45, 7) is 7.18. The van der Waals surface area contributed by atoms with Crippen molar-refractivity contribution in [2.45, 2.75) is 33.7 Å². The summed E-state index contributed by atoms with van der Waals surface area (Å²) in [4.78, 5) is 27.3. The maximum atomic E-state index is 12.6. The van der Waals surface area contributed by atoms with Gasteiger partial charge in [0.25, 0.3) is 5.91 Å². The number of fused-ring (bicyclic) bond motifs is 1. The van der Waals surface area contributed by atoms with E-state index in [1.165, 1.54) is 6.92 Å². The molecule has 1 aromatic heterocycles. The minimum Gasteiger partial charge on any atom is -0.454 e. The molecule has 6 nitrogen and oxygen atoms in total. The standard InChI is InChI=1S/C18H20N2O4/c1-9-16(12(4)21)11(3)19-17(9)18(22)20-10(2)13-5-6-14-15(7-13)24-8-23-14/h5-7,10,19H,8H2,1-4H3,(H,20,22)/t10-/m0/s1. The lowest BCUT2D eigenvalue weighted by atomic mass is 10.1. The molecule has 0 bridgehead atoms. The van der Waals surface area contributed by atoms with E-state index in [0.717, 1.165) is 5.56 Å². The van der Waals surface area contributed by atoms with E-state index in [9.17, 15) is 9.59 Å². The third-order valence-corrected chi connectivity index (χ3v) is 4.26. The molecule has 1 aliphatic rings. The number of H-pyrrole nitrogens is 1. The Balaban J connectivity index is 1.80. The maximum Gasteiger partial charge on any atom is 0.268 e. The largest absolute Gasteiger partial charge is 0.454 e. The number of aromatic amines is 1. The molecule has 0 spiro atoms. The van der Waals surface area contributed by atoms with Gasteiger partial charge < -0.3 is 19.8 Å². The third-order valence-electron chi connectivity index (χ3n) is 4.26. The van der Waals surface area contributed by atoms with Gasteiger partial charge >= 0.3 is 0 Å². The van der Waals surface area contributed by atoms with E-state index in [1.807, 2.05) is 25.1 Å². The minimum atomic E-state index is -0.242. The monoisotopic (exact) mass is 328 g/mol. The number of carbonyl (C=O) groups excluding carboxylic acids is 2. The van der Waals surface area contributed by atoms with Crippen LogP contribution < -0.4 is 14.8 Å². The number of rotatable bonds is 4. The van der Waals surface area contributed by atoms with Crippen molar-refractivity contribution in [1.82, 2.24) is 10.3 Å². The van der Waals surface area contributed by atoms with Crippen molar-refractivity contribution in [2.75, 3.05) is 6.79 Å².